The minimum atomic E-state index is -0.819. The summed E-state index contributed by atoms with van der Waals surface area (Å²) in [6, 6.07) is 19.6. The fraction of sp³-hybridized carbons (Fsp3) is 0.207. The second-order valence-corrected chi connectivity index (χ2v) is 9.26. The summed E-state index contributed by atoms with van der Waals surface area (Å²) in [4.78, 5) is 37.1. The average Bonchev–Trinajstić information content (AvgIpc) is 2.91. The predicted molar refractivity (Wildman–Crippen MR) is 144 cm³/mol. The molecule has 1 aromatic heterocycles. The first-order valence-corrected chi connectivity index (χ1v) is 12.3. The van der Waals surface area contributed by atoms with Gasteiger partial charge in [-0.3, -0.25) is 9.59 Å². The van der Waals surface area contributed by atoms with Gasteiger partial charge < -0.3 is 10.4 Å². The van der Waals surface area contributed by atoms with Crippen molar-refractivity contribution in [2.75, 3.05) is 0 Å². The molecule has 2 N–H and O–H groups in total. The van der Waals surface area contributed by atoms with E-state index < -0.39 is 11.9 Å². The summed E-state index contributed by atoms with van der Waals surface area (Å²) >= 11 is 6.07. The van der Waals surface area contributed by atoms with Gasteiger partial charge in [-0.05, 0) is 55.2 Å². The summed E-state index contributed by atoms with van der Waals surface area (Å²) in [5, 5.41) is 12.7. The number of hydrogen-bond acceptors (Lipinski definition) is 4. The molecule has 7 nitrogen and oxygen atoms in total. The van der Waals surface area contributed by atoms with Gasteiger partial charge in [0, 0.05) is 22.7 Å². The lowest BCUT2D eigenvalue weighted by molar-refractivity contribution is -0.141. The zero-order valence-corrected chi connectivity index (χ0v) is 21.0. The van der Waals surface area contributed by atoms with E-state index in [0.717, 1.165) is 16.8 Å². The zero-order valence-electron chi connectivity index (χ0n) is 20.2. The van der Waals surface area contributed by atoms with E-state index in [2.05, 4.69) is 10.2 Å². The van der Waals surface area contributed by atoms with Crippen LogP contribution in [0, 0.1) is 12.5 Å². The minimum Gasteiger partial charge on any atom is -0.481 e. The predicted octanol–water partition coefficient (Wildman–Crippen LogP) is 6.47. The highest BCUT2D eigenvalue weighted by Crippen LogP contribution is 2.27. The van der Waals surface area contributed by atoms with Crippen molar-refractivity contribution in [3.63, 3.8) is 0 Å². The Bertz CT molecular complexity index is 1480. The molecule has 0 spiro atoms. The van der Waals surface area contributed by atoms with Gasteiger partial charge in [-0.25, -0.2) is 14.8 Å². The van der Waals surface area contributed by atoms with Gasteiger partial charge in [0.2, 0.25) is 0 Å². The molecule has 0 saturated heterocycles. The van der Waals surface area contributed by atoms with Crippen LogP contribution in [-0.2, 0) is 17.8 Å². The van der Waals surface area contributed by atoms with E-state index in [0.29, 0.717) is 58.8 Å². The van der Waals surface area contributed by atoms with Crippen molar-refractivity contribution in [1.82, 2.24) is 15.3 Å². The van der Waals surface area contributed by atoms with E-state index in [4.69, 9.17) is 28.1 Å². The van der Waals surface area contributed by atoms with Crippen molar-refractivity contribution in [3.8, 4) is 11.3 Å². The molecule has 0 aliphatic heterocycles. The number of carbonyl (C=O) groups excluding carboxylic acids is 1. The summed E-state index contributed by atoms with van der Waals surface area (Å²) in [7, 11) is 0. The molecule has 1 atom stereocenters. The van der Waals surface area contributed by atoms with Gasteiger partial charge in [0.05, 0.1) is 34.9 Å². The van der Waals surface area contributed by atoms with Gasteiger partial charge in [0.15, 0.2) is 5.69 Å². The van der Waals surface area contributed by atoms with Crippen molar-refractivity contribution in [2.24, 2.45) is 5.92 Å². The van der Waals surface area contributed by atoms with Crippen LogP contribution in [0.25, 0.3) is 27.1 Å². The largest absolute Gasteiger partial charge is 0.481 e. The monoisotopic (exact) mass is 512 g/mol. The highest BCUT2D eigenvalue weighted by atomic mass is 35.5. The Morgan fingerprint density at radius 3 is 2.43 bits per heavy atom. The first-order chi connectivity index (χ1) is 17.8. The van der Waals surface area contributed by atoms with Crippen molar-refractivity contribution >= 4 is 40.2 Å². The molecule has 37 heavy (non-hydrogen) atoms. The number of rotatable bonds is 9. The molecular formula is C29H25ClN4O3. The third-order valence-corrected chi connectivity index (χ3v) is 6.36. The molecule has 3 aromatic carbocycles. The van der Waals surface area contributed by atoms with Crippen LogP contribution in [0.5, 0.6) is 0 Å². The van der Waals surface area contributed by atoms with Crippen LogP contribution in [0.4, 0.5) is 5.69 Å². The SMILES string of the molecule is [C-]#[N+]c1ccc(CNC(=O)c2ccc3nc(-c4ccc(Cl)cc4)c(CCCC(C)C(=O)O)nc3c2)cc1. The summed E-state index contributed by atoms with van der Waals surface area (Å²) in [6.07, 6.45) is 1.71. The van der Waals surface area contributed by atoms with E-state index in [-0.39, 0.29) is 5.91 Å². The molecule has 4 rings (SSSR count). The standard InChI is InChI=1S/C29H25ClN4O3/c1-18(29(36)37)4-3-5-25-27(20-8-11-22(30)12-9-20)34-24-15-10-21(16-26(24)33-25)28(35)32-17-19-6-13-23(31-2)14-7-19/h6-16,18H,3-5,17H2,1H3,(H,32,35)(H,36,37). The van der Waals surface area contributed by atoms with Crippen molar-refractivity contribution in [1.29, 1.82) is 0 Å². The number of aliphatic carboxylic acids is 1. The number of benzene rings is 3. The van der Waals surface area contributed by atoms with E-state index in [1.165, 1.54) is 0 Å². The molecule has 8 heteroatoms. The lowest BCUT2D eigenvalue weighted by Gasteiger charge is -2.12. The molecule has 186 valence electrons. The highest BCUT2D eigenvalue weighted by molar-refractivity contribution is 6.30. The number of carboxylic acids is 1. The molecule has 0 radical (unpaired) electrons. The highest BCUT2D eigenvalue weighted by Gasteiger charge is 2.16. The van der Waals surface area contributed by atoms with Gasteiger partial charge in [-0.1, -0.05) is 54.9 Å². The number of amides is 1. The second kappa shape index (κ2) is 11.6. The number of nitrogens with zero attached hydrogens (tertiary/aromatic N) is 3. The number of carbonyl (C=O) groups is 2. The summed E-state index contributed by atoms with van der Waals surface area (Å²) in [5.41, 5.74) is 5.47. The number of fused-ring (bicyclic) bond motifs is 1. The van der Waals surface area contributed by atoms with Crippen LogP contribution in [0.1, 0.15) is 41.4 Å². The van der Waals surface area contributed by atoms with Gasteiger partial charge >= 0.3 is 5.97 Å². The first-order valence-electron chi connectivity index (χ1n) is 11.9. The van der Waals surface area contributed by atoms with Crippen molar-refractivity contribution in [2.45, 2.75) is 32.7 Å². The Labute approximate surface area is 220 Å². The summed E-state index contributed by atoms with van der Waals surface area (Å²) in [5.74, 6) is -1.50. The van der Waals surface area contributed by atoms with E-state index in [1.54, 1.807) is 49.4 Å². The van der Waals surface area contributed by atoms with Crippen LogP contribution < -0.4 is 5.32 Å². The number of aryl methyl sites for hydroxylation is 1. The van der Waals surface area contributed by atoms with E-state index in [1.807, 2.05) is 24.3 Å². The maximum Gasteiger partial charge on any atom is 0.306 e. The third kappa shape index (κ3) is 6.49. The molecule has 4 aromatic rings. The quantitative estimate of drug-likeness (QED) is 0.250. The molecular weight excluding hydrogens is 488 g/mol. The molecule has 0 aliphatic rings. The van der Waals surface area contributed by atoms with Crippen LogP contribution in [0.3, 0.4) is 0 Å². The Hall–Kier alpha value is -4.28. The molecule has 0 bridgehead atoms. The molecule has 0 aliphatic carbocycles. The van der Waals surface area contributed by atoms with Crippen molar-refractivity contribution < 1.29 is 14.7 Å². The second-order valence-electron chi connectivity index (χ2n) is 8.82. The molecule has 1 unspecified atom stereocenters. The zero-order chi connectivity index (χ0) is 26.4. The maximum absolute atomic E-state index is 12.8. The molecule has 1 amide bonds. The third-order valence-electron chi connectivity index (χ3n) is 6.11. The topological polar surface area (TPSA) is 96.5 Å². The first kappa shape index (κ1) is 25.8. The van der Waals surface area contributed by atoms with Crippen LogP contribution in [0.2, 0.25) is 5.02 Å². The van der Waals surface area contributed by atoms with Crippen LogP contribution in [-0.4, -0.2) is 27.0 Å². The Morgan fingerprint density at radius 1 is 1.03 bits per heavy atom. The Morgan fingerprint density at radius 2 is 1.76 bits per heavy atom. The van der Waals surface area contributed by atoms with Gasteiger partial charge in [-0.2, -0.15) is 0 Å². The van der Waals surface area contributed by atoms with Crippen molar-refractivity contribution in [3.05, 3.63) is 100.0 Å². The molecule has 0 fully saturated rings. The van der Waals surface area contributed by atoms with Gasteiger partial charge in [0.25, 0.3) is 5.91 Å². The minimum absolute atomic E-state index is 0.239. The molecule has 0 saturated carbocycles. The van der Waals surface area contributed by atoms with Gasteiger partial charge in [0.1, 0.15) is 0 Å². The fourth-order valence-corrected chi connectivity index (χ4v) is 4.04. The van der Waals surface area contributed by atoms with Crippen LogP contribution in [0.15, 0.2) is 66.7 Å². The number of nitrogens with one attached hydrogen (secondary N) is 1. The normalized spacial score (nSPS) is 11.6. The lowest BCUT2D eigenvalue weighted by atomic mass is 10.0. The summed E-state index contributed by atoms with van der Waals surface area (Å²) < 4.78 is 0. The smallest absolute Gasteiger partial charge is 0.306 e. The number of hydrogen-bond donors (Lipinski definition) is 2. The van der Waals surface area contributed by atoms with Crippen LogP contribution >= 0.6 is 11.6 Å². The number of halogens is 1. The number of aromatic nitrogens is 2. The molecule has 1 heterocycles. The maximum atomic E-state index is 12.8. The van der Waals surface area contributed by atoms with Gasteiger partial charge in [-0.15, -0.1) is 0 Å². The fourth-order valence-electron chi connectivity index (χ4n) is 3.92. The number of carboxylic acid groups (broad SMARTS) is 1. The van der Waals surface area contributed by atoms with E-state index >= 15 is 0 Å². The Balaban J connectivity index is 1.59. The average molecular weight is 513 g/mol. The summed E-state index contributed by atoms with van der Waals surface area (Å²) in [6.45, 7) is 9.07. The van der Waals surface area contributed by atoms with E-state index in [9.17, 15) is 14.7 Å². The Kier molecular flexibility index (Phi) is 8.11. The lowest BCUT2D eigenvalue weighted by Crippen LogP contribution is -2.22.